The number of hydrogen-bond acceptors (Lipinski definition) is 5. The standard InChI is InChI=1S/C15H16BrN3O2/c1-3-5-13-12(15(20)21-4-2)9-18-14(19-13)10-6-11(16)8-17-7-10/h6-9H,3-5H2,1-2H3. The van der Waals surface area contributed by atoms with Crippen LogP contribution in [0, 0.1) is 0 Å². The van der Waals surface area contributed by atoms with Crippen molar-refractivity contribution in [2.75, 3.05) is 6.61 Å². The summed E-state index contributed by atoms with van der Waals surface area (Å²) < 4.78 is 5.90. The Balaban J connectivity index is 2.42. The van der Waals surface area contributed by atoms with Crippen molar-refractivity contribution in [3.63, 3.8) is 0 Å². The highest BCUT2D eigenvalue weighted by Gasteiger charge is 2.16. The van der Waals surface area contributed by atoms with E-state index in [1.165, 1.54) is 6.20 Å². The molecule has 21 heavy (non-hydrogen) atoms. The minimum Gasteiger partial charge on any atom is -0.462 e. The second-order valence-electron chi connectivity index (χ2n) is 4.42. The number of carbonyl (C=O) groups is 1. The molecule has 0 saturated carbocycles. The summed E-state index contributed by atoms with van der Waals surface area (Å²) in [5, 5.41) is 0. The number of hydrogen-bond donors (Lipinski definition) is 0. The van der Waals surface area contributed by atoms with E-state index in [2.05, 4.69) is 30.9 Å². The number of rotatable bonds is 5. The maximum absolute atomic E-state index is 11.9. The fourth-order valence-corrected chi connectivity index (χ4v) is 2.26. The third-order valence-corrected chi connectivity index (χ3v) is 3.25. The van der Waals surface area contributed by atoms with Gasteiger partial charge in [0, 0.05) is 28.6 Å². The van der Waals surface area contributed by atoms with Crippen LogP contribution < -0.4 is 0 Å². The Kier molecular flexibility index (Phi) is 5.38. The van der Waals surface area contributed by atoms with Gasteiger partial charge in [0.05, 0.1) is 17.9 Å². The lowest BCUT2D eigenvalue weighted by molar-refractivity contribution is 0.0524. The SMILES string of the molecule is CCCc1nc(-c2cncc(Br)c2)ncc1C(=O)OCC. The first kappa shape index (κ1) is 15.6. The molecule has 0 bridgehead atoms. The number of aromatic nitrogens is 3. The van der Waals surface area contributed by atoms with E-state index in [4.69, 9.17) is 4.74 Å². The molecule has 2 heterocycles. The molecule has 6 heteroatoms. The van der Waals surface area contributed by atoms with Gasteiger partial charge >= 0.3 is 5.97 Å². The summed E-state index contributed by atoms with van der Waals surface area (Å²) in [6.45, 7) is 4.15. The first-order valence-electron chi connectivity index (χ1n) is 6.79. The molecule has 0 aliphatic carbocycles. The van der Waals surface area contributed by atoms with Crippen LogP contribution >= 0.6 is 15.9 Å². The van der Waals surface area contributed by atoms with Crippen molar-refractivity contribution in [2.24, 2.45) is 0 Å². The Bertz CT molecular complexity index is 647. The molecule has 0 N–H and O–H groups in total. The second kappa shape index (κ2) is 7.26. The summed E-state index contributed by atoms with van der Waals surface area (Å²) in [4.78, 5) is 24.8. The zero-order chi connectivity index (χ0) is 15.2. The Hall–Kier alpha value is -1.82. The molecule has 2 rings (SSSR count). The predicted octanol–water partition coefficient (Wildman–Crippen LogP) is 3.43. The molecule has 0 aromatic carbocycles. The Morgan fingerprint density at radius 1 is 1.29 bits per heavy atom. The van der Waals surface area contributed by atoms with Crippen LogP contribution in [0.25, 0.3) is 11.4 Å². The van der Waals surface area contributed by atoms with Crippen LogP contribution in [0.2, 0.25) is 0 Å². The minimum atomic E-state index is -0.375. The fraction of sp³-hybridized carbons (Fsp3) is 0.333. The molecule has 0 amide bonds. The first-order chi connectivity index (χ1) is 10.2. The Labute approximate surface area is 131 Å². The van der Waals surface area contributed by atoms with Crippen molar-refractivity contribution in [2.45, 2.75) is 26.7 Å². The van der Waals surface area contributed by atoms with Gasteiger partial charge in [0.1, 0.15) is 0 Å². The number of nitrogens with zero attached hydrogens (tertiary/aromatic N) is 3. The molecule has 5 nitrogen and oxygen atoms in total. The maximum atomic E-state index is 11.9. The lowest BCUT2D eigenvalue weighted by Gasteiger charge is -2.09. The third kappa shape index (κ3) is 3.85. The number of pyridine rings is 1. The van der Waals surface area contributed by atoms with Crippen molar-refractivity contribution in [3.8, 4) is 11.4 Å². The fourth-order valence-electron chi connectivity index (χ4n) is 1.90. The predicted molar refractivity (Wildman–Crippen MR) is 82.9 cm³/mol. The van der Waals surface area contributed by atoms with Crippen LogP contribution in [-0.4, -0.2) is 27.5 Å². The highest BCUT2D eigenvalue weighted by atomic mass is 79.9. The first-order valence-corrected chi connectivity index (χ1v) is 7.59. The number of aryl methyl sites for hydroxylation is 1. The molecule has 0 fully saturated rings. The molecular formula is C15H16BrN3O2. The van der Waals surface area contributed by atoms with E-state index in [1.54, 1.807) is 19.3 Å². The van der Waals surface area contributed by atoms with Gasteiger partial charge in [-0.25, -0.2) is 14.8 Å². The van der Waals surface area contributed by atoms with E-state index in [0.29, 0.717) is 30.1 Å². The average molecular weight is 350 g/mol. The molecule has 0 saturated heterocycles. The van der Waals surface area contributed by atoms with E-state index in [1.807, 2.05) is 13.0 Å². The minimum absolute atomic E-state index is 0.335. The van der Waals surface area contributed by atoms with E-state index >= 15 is 0 Å². The normalized spacial score (nSPS) is 10.4. The van der Waals surface area contributed by atoms with Crippen LogP contribution in [-0.2, 0) is 11.2 Å². The number of carbonyl (C=O) groups excluding carboxylic acids is 1. The molecule has 0 unspecified atom stereocenters. The molecule has 0 radical (unpaired) electrons. The quantitative estimate of drug-likeness (QED) is 0.773. The van der Waals surface area contributed by atoms with Crippen molar-refractivity contribution in [1.29, 1.82) is 0 Å². The van der Waals surface area contributed by atoms with Gasteiger partial charge in [-0.3, -0.25) is 4.98 Å². The summed E-state index contributed by atoms with van der Waals surface area (Å²) in [6.07, 6.45) is 6.51. The number of esters is 1. The van der Waals surface area contributed by atoms with E-state index < -0.39 is 0 Å². The highest BCUT2D eigenvalue weighted by molar-refractivity contribution is 9.10. The third-order valence-electron chi connectivity index (χ3n) is 2.81. The van der Waals surface area contributed by atoms with E-state index in [-0.39, 0.29) is 5.97 Å². The largest absolute Gasteiger partial charge is 0.462 e. The average Bonchev–Trinajstić information content (AvgIpc) is 2.48. The van der Waals surface area contributed by atoms with Crippen LogP contribution in [0.3, 0.4) is 0 Å². The van der Waals surface area contributed by atoms with E-state index in [9.17, 15) is 4.79 Å². The summed E-state index contributed by atoms with van der Waals surface area (Å²) in [5.74, 6) is 0.181. The molecule has 2 aromatic heterocycles. The summed E-state index contributed by atoms with van der Waals surface area (Å²) in [7, 11) is 0. The molecule has 0 aliphatic heterocycles. The molecule has 2 aromatic rings. The van der Waals surface area contributed by atoms with Gasteiger partial charge in [0.2, 0.25) is 0 Å². The van der Waals surface area contributed by atoms with Gasteiger partial charge in [-0.05, 0) is 35.3 Å². The number of halogens is 1. The van der Waals surface area contributed by atoms with Crippen molar-refractivity contribution in [3.05, 3.63) is 40.4 Å². The monoisotopic (exact) mass is 349 g/mol. The summed E-state index contributed by atoms with van der Waals surface area (Å²) in [5.41, 5.74) is 1.95. The molecule has 110 valence electrons. The van der Waals surface area contributed by atoms with Gasteiger partial charge in [-0.1, -0.05) is 13.3 Å². The van der Waals surface area contributed by atoms with Gasteiger partial charge in [-0.15, -0.1) is 0 Å². The molecule has 0 spiro atoms. The highest BCUT2D eigenvalue weighted by Crippen LogP contribution is 2.20. The summed E-state index contributed by atoms with van der Waals surface area (Å²) >= 11 is 3.37. The van der Waals surface area contributed by atoms with Crippen LogP contribution in [0.15, 0.2) is 29.1 Å². The van der Waals surface area contributed by atoms with Crippen LogP contribution in [0.4, 0.5) is 0 Å². The van der Waals surface area contributed by atoms with Crippen LogP contribution in [0.5, 0.6) is 0 Å². The van der Waals surface area contributed by atoms with Gasteiger partial charge in [0.25, 0.3) is 0 Å². The summed E-state index contributed by atoms with van der Waals surface area (Å²) in [6, 6.07) is 1.89. The van der Waals surface area contributed by atoms with Crippen molar-refractivity contribution in [1.82, 2.24) is 15.0 Å². The van der Waals surface area contributed by atoms with Crippen molar-refractivity contribution < 1.29 is 9.53 Å². The van der Waals surface area contributed by atoms with Gasteiger partial charge in [-0.2, -0.15) is 0 Å². The lowest BCUT2D eigenvalue weighted by atomic mass is 10.1. The zero-order valence-corrected chi connectivity index (χ0v) is 13.6. The Morgan fingerprint density at radius 3 is 2.76 bits per heavy atom. The number of ether oxygens (including phenoxy) is 1. The molecule has 0 atom stereocenters. The smallest absolute Gasteiger partial charge is 0.341 e. The van der Waals surface area contributed by atoms with Crippen molar-refractivity contribution >= 4 is 21.9 Å². The second-order valence-corrected chi connectivity index (χ2v) is 5.33. The lowest BCUT2D eigenvalue weighted by Crippen LogP contribution is -2.11. The molecule has 0 aliphatic rings. The van der Waals surface area contributed by atoms with E-state index in [0.717, 1.165) is 16.5 Å². The van der Waals surface area contributed by atoms with Crippen LogP contribution in [0.1, 0.15) is 36.3 Å². The van der Waals surface area contributed by atoms with Gasteiger partial charge in [0.15, 0.2) is 5.82 Å². The molecular weight excluding hydrogens is 334 g/mol. The zero-order valence-electron chi connectivity index (χ0n) is 12.0. The Morgan fingerprint density at radius 2 is 2.10 bits per heavy atom. The maximum Gasteiger partial charge on any atom is 0.341 e. The topological polar surface area (TPSA) is 65.0 Å². The van der Waals surface area contributed by atoms with Gasteiger partial charge < -0.3 is 4.74 Å².